The predicted octanol–water partition coefficient (Wildman–Crippen LogP) is 5.92. The lowest BCUT2D eigenvalue weighted by atomic mass is 9.98. The molecule has 0 spiro atoms. The number of carbonyl (C=O) groups is 2. The predicted molar refractivity (Wildman–Crippen MR) is 137 cm³/mol. The maximum Gasteiger partial charge on any atom is 0.323 e. The van der Waals surface area contributed by atoms with Gasteiger partial charge < -0.3 is 20.4 Å². The van der Waals surface area contributed by atoms with Gasteiger partial charge in [-0.05, 0) is 66.8 Å². The van der Waals surface area contributed by atoms with Crippen molar-refractivity contribution in [2.45, 2.75) is 25.8 Å². The number of carbonyl (C=O) groups excluding carboxylic acids is 2. The highest BCUT2D eigenvalue weighted by Crippen LogP contribution is 2.31. The Morgan fingerprint density at radius 2 is 1.54 bits per heavy atom. The number of anilines is 3. The molecule has 0 radical (unpaired) electrons. The van der Waals surface area contributed by atoms with Crippen LogP contribution in [0.25, 0.3) is 0 Å². The van der Waals surface area contributed by atoms with Gasteiger partial charge in [-0.2, -0.15) is 0 Å². The zero-order valence-electron chi connectivity index (χ0n) is 19.2. The first kappa shape index (κ1) is 23.2. The molecule has 0 unspecified atom stereocenters. The van der Waals surface area contributed by atoms with Crippen LogP contribution in [0.3, 0.4) is 0 Å². The highest BCUT2D eigenvalue weighted by atomic mass is 35.5. The molecule has 2 N–H and O–H groups in total. The molecule has 1 saturated heterocycles. The Morgan fingerprint density at radius 3 is 2.29 bits per heavy atom. The average molecular weight is 493 g/mol. The first-order valence-corrected chi connectivity index (χ1v) is 12.1. The molecule has 3 amide bonds. The fourth-order valence-electron chi connectivity index (χ4n) is 4.72. The van der Waals surface area contributed by atoms with E-state index in [4.69, 9.17) is 11.6 Å². The second-order valence-corrected chi connectivity index (χ2v) is 9.29. The van der Waals surface area contributed by atoms with Gasteiger partial charge in [-0.3, -0.25) is 4.79 Å². The molecule has 2 aliphatic heterocycles. The first-order valence-electron chi connectivity index (χ1n) is 11.8. The summed E-state index contributed by atoms with van der Waals surface area (Å²) < 4.78 is 13.4. The molecule has 8 heteroatoms. The number of hydrogen-bond donors (Lipinski definition) is 2. The van der Waals surface area contributed by atoms with Crippen LogP contribution in [0.15, 0.2) is 60.7 Å². The van der Waals surface area contributed by atoms with Crippen LogP contribution in [0.5, 0.6) is 0 Å². The highest BCUT2D eigenvalue weighted by Gasteiger charge is 2.26. The summed E-state index contributed by atoms with van der Waals surface area (Å²) in [5.74, 6) is -0.579. The Labute approximate surface area is 208 Å². The maximum atomic E-state index is 13.5. The Balaban J connectivity index is 1.39. The van der Waals surface area contributed by atoms with Gasteiger partial charge in [0.05, 0.1) is 10.6 Å². The van der Waals surface area contributed by atoms with E-state index in [1.54, 1.807) is 12.1 Å². The monoisotopic (exact) mass is 492 g/mol. The zero-order valence-corrected chi connectivity index (χ0v) is 19.9. The third kappa shape index (κ3) is 5.10. The molecule has 0 bridgehead atoms. The van der Waals surface area contributed by atoms with E-state index in [1.807, 2.05) is 17.0 Å². The molecule has 3 aromatic carbocycles. The van der Waals surface area contributed by atoms with Gasteiger partial charge >= 0.3 is 6.03 Å². The van der Waals surface area contributed by atoms with Crippen molar-refractivity contribution in [3.8, 4) is 0 Å². The van der Waals surface area contributed by atoms with Crippen molar-refractivity contribution in [1.29, 1.82) is 0 Å². The Hall–Kier alpha value is -3.58. The van der Waals surface area contributed by atoms with Gasteiger partial charge in [0.15, 0.2) is 0 Å². The second kappa shape index (κ2) is 9.96. The summed E-state index contributed by atoms with van der Waals surface area (Å²) in [6.45, 7) is 3.03. The van der Waals surface area contributed by atoms with Crippen molar-refractivity contribution in [3.05, 3.63) is 88.2 Å². The van der Waals surface area contributed by atoms with Crippen molar-refractivity contribution in [2.24, 2.45) is 0 Å². The lowest BCUT2D eigenvalue weighted by molar-refractivity contribution is 0.0793. The van der Waals surface area contributed by atoms with Crippen LogP contribution >= 0.6 is 11.6 Å². The number of halogens is 2. The molecule has 3 aromatic rings. The smallest absolute Gasteiger partial charge is 0.323 e. The molecule has 0 aromatic heterocycles. The molecule has 0 aliphatic carbocycles. The molecule has 35 heavy (non-hydrogen) atoms. The van der Waals surface area contributed by atoms with Crippen LogP contribution in [0, 0.1) is 5.82 Å². The van der Waals surface area contributed by atoms with Crippen molar-refractivity contribution in [2.75, 3.05) is 35.2 Å². The van der Waals surface area contributed by atoms with Crippen LogP contribution in [0.1, 0.15) is 34.3 Å². The lowest BCUT2D eigenvalue weighted by Gasteiger charge is -2.33. The van der Waals surface area contributed by atoms with E-state index in [0.717, 1.165) is 51.1 Å². The van der Waals surface area contributed by atoms with Crippen LogP contribution in [0.4, 0.5) is 26.2 Å². The van der Waals surface area contributed by atoms with E-state index in [-0.39, 0.29) is 10.9 Å². The number of rotatable bonds is 4. The molecule has 2 heterocycles. The van der Waals surface area contributed by atoms with Crippen molar-refractivity contribution < 1.29 is 14.0 Å². The SMILES string of the molecule is O=C(Nc1ccc(F)c(Cl)c1)Nc1ccc(N2CCc3ccccc3C2)c(C(=O)N2CCCC2)c1. The largest absolute Gasteiger partial charge is 0.366 e. The van der Waals surface area contributed by atoms with Gasteiger partial charge in [-0.25, -0.2) is 9.18 Å². The third-order valence-electron chi connectivity index (χ3n) is 6.53. The Bertz CT molecular complexity index is 1280. The van der Waals surface area contributed by atoms with Crippen LogP contribution in [-0.4, -0.2) is 36.5 Å². The van der Waals surface area contributed by atoms with Gasteiger partial charge in [-0.1, -0.05) is 35.9 Å². The summed E-state index contributed by atoms with van der Waals surface area (Å²) in [4.78, 5) is 30.2. The molecule has 2 aliphatic rings. The quantitative estimate of drug-likeness (QED) is 0.475. The first-order chi connectivity index (χ1) is 17.0. The average Bonchev–Trinajstić information content (AvgIpc) is 3.40. The van der Waals surface area contributed by atoms with Gasteiger partial charge in [0.2, 0.25) is 0 Å². The van der Waals surface area contributed by atoms with E-state index in [2.05, 4.69) is 33.7 Å². The number of nitrogens with one attached hydrogen (secondary N) is 2. The van der Waals surface area contributed by atoms with Gasteiger partial charge in [0.25, 0.3) is 5.91 Å². The van der Waals surface area contributed by atoms with E-state index in [1.165, 1.54) is 29.3 Å². The Morgan fingerprint density at radius 1 is 0.857 bits per heavy atom. The van der Waals surface area contributed by atoms with Crippen molar-refractivity contribution in [1.82, 2.24) is 4.90 Å². The van der Waals surface area contributed by atoms with E-state index < -0.39 is 11.8 Å². The third-order valence-corrected chi connectivity index (χ3v) is 6.82. The van der Waals surface area contributed by atoms with Gasteiger partial charge in [0.1, 0.15) is 5.82 Å². The molecule has 6 nitrogen and oxygen atoms in total. The number of fused-ring (bicyclic) bond motifs is 1. The summed E-state index contributed by atoms with van der Waals surface area (Å²) >= 11 is 5.80. The van der Waals surface area contributed by atoms with Crippen LogP contribution in [0.2, 0.25) is 5.02 Å². The number of amides is 3. The van der Waals surface area contributed by atoms with E-state index >= 15 is 0 Å². The molecular weight excluding hydrogens is 467 g/mol. The Kier molecular flexibility index (Phi) is 6.59. The topological polar surface area (TPSA) is 64.7 Å². The van der Waals surface area contributed by atoms with Gasteiger partial charge in [0, 0.05) is 43.2 Å². The molecule has 1 fully saturated rings. The van der Waals surface area contributed by atoms with Crippen LogP contribution < -0.4 is 15.5 Å². The molecule has 180 valence electrons. The number of benzene rings is 3. The number of urea groups is 1. The standard InChI is InChI=1S/C27H26ClFN4O2/c28-23-16-21(7-9-24(23)29)31-27(35)30-20-8-10-25(22(15-20)26(34)32-12-3-4-13-32)33-14-11-18-5-1-2-6-19(18)17-33/h1-2,5-10,15-16H,3-4,11-14,17H2,(H2,30,31,35). The molecule has 0 saturated carbocycles. The maximum absolute atomic E-state index is 13.5. The number of likely N-dealkylation sites (tertiary alicyclic amines) is 1. The number of nitrogens with zero attached hydrogens (tertiary/aromatic N) is 2. The summed E-state index contributed by atoms with van der Waals surface area (Å²) in [7, 11) is 0. The van der Waals surface area contributed by atoms with Crippen molar-refractivity contribution in [3.63, 3.8) is 0 Å². The van der Waals surface area contributed by atoms with Crippen LogP contribution in [-0.2, 0) is 13.0 Å². The summed E-state index contributed by atoms with van der Waals surface area (Å²) in [5.41, 5.74) is 4.91. The zero-order chi connectivity index (χ0) is 24.4. The highest BCUT2D eigenvalue weighted by molar-refractivity contribution is 6.31. The summed E-state index contributed by atoms with van der Waals surface area (Å²) in [6, 6.07) is 17.3. The van der Waals surface area contributed by atoms with E-state index in [9.17, 15) is 14.0 Å². The minimum Gasteiger partial charge on any atom is -0.366 e. The fourth-order valence-corrected chi connectivity index (χ4v) is 4.90. The van der Waals surface area contributed by atoms with Gasteiger partial charge in [-0.15, -0.1) is 0 Å². The minimum absolute atomic E-state index is 0.0225. The normalized spacial score (nSPS) is 15.0. The minimum atomic E-state index is -0.557. The second-order valence-electron chi connectivity index (χ2n) is 8.88. The summed E-state index contributed by atoms with van der Waals surface area (Å²) in [5, 5.41) is 5.35. The molecule has 5 rings (SSSR count). The molecular formula is C27H26ClFN4O2. The lowest BCUT2D eigenvalue weighted by Crippen LogP contribution is -2.34. The van der Waals surface area contributed by atoms with Crippen molar-refractivity contribution >= 4 is 40.6 Å². The summed E-state index contributed by atoms with van der Waals surface area (Å²) in [6.07, 6.45) is 2.91. The van der Waals surface area contributed by atoms with E-state index in [0.29, 0.717) is 16.9 Å². The molecule has 0 atom stereocenters. The fraction of sp³-hybridized carbons (Fsp3) is 0.259. The number of hydrogen-bond acceptors (Lipinski definition) is 3.